The van der Waals surface area contributed by atoms with Gasteiger partial charge in [-0.2, -0.15) is 0 Å². The highest BCUT2D eigenvalue weighted by molar-refractivity contribution is 7.91. The third-order valence-electron chi connectivity index (χ3n) is 3.08. The molecule has 3 nitrogen and oxygen atoms in total. The zero-order valence-electron chi connectivity index (χ0n) is 11.0. The van der Waals surface area contributed by atoms with Crippen molar-refractivity contribution in [2.24, 2.45) is 0 Å². The molecule has 0 fully saturated rings. The van der Waals surface area contributed by atoms with E-state index in [-0.39, 0.29) is 11.9 Å². The summed E-state index contributed by atoms with van der Waals surface area (Å²) >= 11 is 0. The second-order valence-corrected chi connectivity index (χ2v) is 6.93. The molecule has 1 aromatic carbocycles. The average molecular weight is 273 g/mol. The highest BCUT2D eigenvalue weighted by Gasteiger charge is 2.25. The summed E-state index contributed by atoms with van der Waals surface area (Å²) in [7, 11) is -3.09. The topological polar surface area (TPSA) is 46.2 Å². The van der Waals surface area contributed by atoms with E-state index in [0.717, 1.165) is 5.56 Å². The summed E-state index contributed by atoms with van der Waals surface area (Å²) in [6.07, 6.45) is 1.81. The first-order valence-electron chi connectivity index (χ1n) is 6.01. The first kappa shape index (κ1) is 15.1. The lowest BCUT2D eigenvalue weighted by Crippen LogP contribution is -2.43. The molecule has 0 aromatic heterocycles. The molecule has 0 aliphatic heterocycles. The Morgan fingerprint density at radius 1 is 1.28 bits per heavy atom. The van der Waals surface area contributed by atoms with Crippen LogP contribution in [0.15, 0.2) is 24.3 Å². The fourth-order valence-electron chi connectivity index (χ4n) is 1.84. The summed E-state index contributed by atoms with van der Waals surface area (Å²) < 4.78 is 36.0. The number of rotatable bonds is 6. The van der Waals surface area contributed by atoms with Gasteiger partial charge in [0.15, 0.2) is 9.84 Å². The summed E-state index contributed by atoms with van der Waals surface area (Å²) in [6.45, 7) is 4.34. The number of sulfone groups is 1. The Morgan fingerprint density at radius 3 is 2.28 bits per heavy atom. The van der Waals surface area contributed by atoms with Crippen molar-refractivity contribution in [3.63, 3.8) is 0 Å². The van der Waals surface area contributed by atoms with E-state index < -0.39 is 15.1 Å². The molecule has 2 unspecified atom stereocenters. The van der Waals surface area contributed by atoms with E-state index in [1.54, 1.807) is 19.1 Å². The van der Waals surface area contributed by atoms with Crippen LogP contribution in [-0.2, 0) is 16.3 Å². The number of hydrogen-bond acceptors (Lipinski definition) is 3. The van der Waals surface area contributed by atoms with Gasteiger partial charge in [0.05, 0.1) is 5.25 Å². The molecular weight excluding hydrogens is 253 g/mol. The third-order valence-corrected chi connectivity index (χ3v) is 4.76. The second kappa shape index (κ2) is 6.29. The van der Waals surface area contributed by atoms with Gasteiger partial charge < -0.3 is 5.32 Å². The summed E-state index contributed by atoms with van der Waals surface area (Å²) in [5.74, 6) is -0.282. The fourth-order valence-corrected chi connectivity index (χ4v) is 2.63. The molecule has 0 aliphatic carbocycles. The smallest absolute Gasteiger partial charge is 0.151 e. The Labute approximate surface area is 108 Å². The molecule has 0 saturated carbocycles. The van der Waals surface area contributed by atoms with Crippen molar-refractivity contribution >= 4 is 9.84 Å². The lowest BCUT2D eigenvalue weighted by molar-refractivity contribution is 0.493. The van der Waals surface area contributed by atoms with Gasteiger partial charge in [-0.3, -0.25) is 0 Å². The van der Waals surface area contributed by atoms with Crippen LogP contribution < -0.4 is 5.32 Å². The number of nitrogens with one attached hydrogen (secondary N) is 1. The molecule has 0 bridgehead atoms. The van der Waals surface area contributed by atoms with Gasteiger partial charge in [-0.05, 0) is 37.6 Å². The van der Waals surface area contributed by atoms with Crippen molar-refractivity contribution in [1.82, 2.24) is 5.32 Å². The Bertz CT molecular complexity index is 470. The van der Waals surface area contributed by atoms with E-state index in [2.05, 4.69) is 5.32 Å². The van der Waals surface area contributed by atoms with Crippen LogP contribution in [0.2, 0.25) is 0 Å². The largest absolute Gasteiger partial charge is 0.313 e. The van der Waals surface area contributed by atoms with E-state index in [4.69, 9.17) is 0 Å². The van der Waals surface area contributed by atoms with Crippen molar-refractivity contribution in [3.8, 4) is 0 Å². The van der Waals surface area contributed by atoms with Crippen LogP contribution in [-0.4, -0.2) is 32.5 Å². The van der Waals surface area contributed by atoms with Gasteiger partial charge >= 0.3 is 0 Å². The first-order valence-corrected chi connectivity index (χ1v) is 7.96. The summed E-state index contributed by atoms with van der Waals surface area (Å²) in [5.41, 5.74) is 0.929. The van der Waals surface area contributed by atoms with E-state index in [9.17, 15) is 12.8 Å². The van der Waals surface area contributed by atoms with Crippen LogP contribution in [0.4, 0.5) is 4.39 Å². The quantitative estimate of drug-likeness (QED) is 0.859. The Balaban J connectivity index is 2.83. The molecule has 102 valence electrons. The Hall–Kier alpha value is -0.940. The fraction of sp³-hybridized carbons (Fsp3) is 0.538. The van der Waals surface area contributed by atoms with Crippen molar-refractivity contribution in [2.75, 3.05) is 12.8 Å². The van der Waals surface area contributed by atoms with Crippen LogP contribution in [0.5, 0.6) is 0 Å². The lowest BCUT2D eigenvalue weighted by atomic mass is 10.0. The van der Waals surface area contributed by atoms with E-state index in [0.29, 0.717) is 13.0 Å². The van der Waals surface area contributed by atoms with E-state index in [1.165, 1.54) is 18.4 Å². The summed E-state index contributed by atoms with van der Waals surface area (Å²) in [4.78, 5) is 0. The molecule has 1 rings (SSSR count). The maximum Gasteiger partial charge on any atom is 0.151 e. The first-order chi connectivity index (χ1) is 8.34. The number of halogens is 1. The molecule has 0 heterocycles. The third kappa shape index (κ3) is 4.38. The Kier molecular flexibility index (Phi) is 5.28. The summed E-state index contributed by atoms with van der Waals surface area (Å²) in [6, 6.07) is 6.01. The molecule has 0 spiro atoms. The Morgan fingerprint density at radius 2 is 1.83 bits per heavy atom. The van der Waals surface area contributed by atoms with E-state index >= 15 is 0 Å². The van der Waals surface area contributed by atoms with Gasteiger partial charge in [0.25, 0.3) is 0 Å². The molecular formula is C13H20FNO2S. The zero-order chi connectivity index (χ0) is 13.8. The van der Waals surface area contributed by atoms with E-state index in [1.807, 2.05) is 6.92 Å². The second-order valence-electron chi connectivity index (χ2n) is 4.53. The number of likely N-dealkylation sites (N-methyl/N-ethyl adjacent to an activating group) is 1. The molecule has 2 atom stereocenters. The van der Waals surface area contributed by atoms with Gasteiger partial charge in [-0.15, -0.1) is 0 Å². The van der Waals surface area contributed by atoms with Gasteiger partial charge in [0.1, 0.15) is 5.82 Å². The van der Waals surface area contributed by atoms with Crippen LogP contribution in [0, 0.1) is 5.82 Å². The zero-order valence-corrected chi connectivity index (χ0v) is 11.8. The van der Waals surface area contributed by atoms with Gasteiger partial charge in [-0.1, -0.05) is 19.1 Å². The van der Waals surface area contributed by atoms with Crippen molar-refractivity contribution in [3.05, 3.63) is 35.6 Å². The molecule has 1 aromatic rings. The van der Waals surface area contributed by atoms with Crippen LogP contribution in [0.25, 0.3) is 0 Å². The normalized spacial score (nSPS) is 15.3. The summed E-state index contributed by atoms with van der Waals surface area (Å²) in [5, 5.41) is 2.71. The highest BCUT2D eigenvalue weighted by atomic mass is 32.2. The number of hydrogen-bond donors (Lipinski definition) is 1. The van der Waals surface area contributed by atoms with Crippen molar-refractivity contribution < 1.29 is 12.8 Å². The van der Waals surface area contributed by atoms with Crippen LogP contribution in [0.1, 0.15) is 19.4 Å². The molecule has 1 N–H and O–H groups in total. The average Bonchev–Trinajstić information content (AvgIpc) is 2.29. The molecule has 0 saturated heterocycles. The maximum absolute atomic E-state index is 12.8. The number of benzene rings is 1. The molecule has 0 aliphatic rings. The minimum absolute atomic E-state index is 0.157. The predicted octanol–water partition coefficient (Wildman–Crippen LogP) is 1.78. The standard InChI is InChI=1S/C13H20FNO2S/c1-4-15-13(10(2)18(3,16)17)9-11-5-7-12(14)8-6-11/h5-8,10,13,15H,4,9H2,1-3H3. The van der Waals surface area contributed by atoms with Crippen LogP contribution >= 0.6 is 0 Å². The predicted molar refractivity (Wildman–Crippen MR) is 71.9 cm³/mol. The lowest BCUT2D eigenvalue weighted by Gasteiger charge is -2.23. The van der Waals surface area contributed by atoms with Gasteiger partial charge in [0, 0.05) is 12.3 Å². The van der Waals surface area contributed by atoms with Crippen molar-refractivity contribution in [1.29, 1.82) is 0 Å². The molecule has 0 radical (unpaired) electrons. The van der Waals surface area contributed by atoms with Gasteiger partial charge in [0.2, 0.25) is 0 Å². The highest BCUT2D eigenvalue weighted by Crippen LogP contribution is 2.12. The van der Waals surface area contributed by atoms with Gasteiger partial charge in [-0.25, -0.2) is 12.8 Å². The van der Waals surface area contributed by atoms with Crippen molar-refractivity contribution in [2.45, 2.75) is 31.6 Å². The molecule has 18 heavy (non-hydrogen) atoms. The monoisotopic (exact) mass is 273 g/mol. The minimum Gasteiger partial charge on any atom is -0.313 e. The SMILES string of the molecule is CCNC(Cc1ccc(F)cc1)C(C)S(C)(=O)=O. The van der Waals surface area contributed by atoms with Crippen LogP contribution in [0.3, 0.4) is 0 Å². The maximum atomic E-state index is 12.8. The molecule has 0 amide bonds. The molecule has 5 heteroatoms. The minimum atomic E-state index is -3.09.